The highest BCUT2D eigenvalue weighted by atomic mass is 35.5. The Kier molecular flexibility index (Phi) is 11.8. The van der Waals surface area contributed by atoms with Crippen LogP contribution in [0.3, 0.4) is 0 Å². The first-order chi connectivity index (χ1) is 24.9. The average molecular weight is 847 g/mol. The van der Waals surface area contributed by atoms with Gasteiger partial charge in [0.1, 0.15) is 21.2 Å². The Morgan fingerprint density at radius 1 is 0.745 bits per heavy atom. The van der Waals surface area contributed by atoms with Gasteiger partial charge in [-0.1, -0.05) is 11.6 Å². The van der Waals surface area contributed by atoms with Crippen LogP contribution in [0.25, 0.3) is 0 Å². The molecule has 2 atom stereocenters. The molecule has 1 saturated carbocycles. The van der Waals surface area contributed by atoms with Crippen molar-refractivity contribution in [1.82, 2.24) is 0 Å². The minimum atomic E-state index is -5.18. The maximum atomic E-state index is 16.0. The molecule has 1 aliphatic carbocycles. The van der Waals surface area contributed by atoms with E-state index < -0.39 is 109 Å². The smallest absolute Gasteiger partial charge is 0.424 e. The number of benzene rings is 3. The van der Waals surface area contributed by atoms with E-state index >= 15 is 8.78 Å². The maximum Gasteiger partial charge on any atom is 0.424 e. The second-order valence-corrected chi connectivity index (χ2v) is 16.0. The van der Waals surface area contributed by atoms with Crippen LogP contribution in [0.15, 0.2) is 48.5 Å². The van der Waals surface area contributed by atoms with Crippen molar-refractivity contribution in [3.05, 3.63) is 87.4 Å². The van der Waals surface area contributed by atoms with Gasteiger partial charge in [0.2, 0.25) is 5.91 Å². The van der Waals surface area contributed by atoms with Crippen LogP contribution < -0.4 is 15.5 Å². The van der Waals surface area contributed by atoms with Gasteiger partial charge in [-0.25, -0.2) is 18.4 Å². The fourth-order valence-electron chi connectivity index (χ4n) is 5.13. The number of carbonyl (C=O) groups is 4. The summed E-state index contributed by atoms with van der Waals surface area (Å²) >= 11 is 18.6. The zero-order valence-electron chi connectivity index (χ0n) is 29.3. The Morgan fingerprint density at radius 2 is 1.25 bits per heavy atom. The summed E-state index contributed by atoms with van der Waals surface area (Å²) in [5.74, 6) is -8.37. The first-order valence-electron chi connectivity index (χ1n) is 15.8. The predicted molar refractivity (Wildman–Crippen MR) is 186 cm³/mol. The molecule has 2 N–H and O–H groups in total. The summed E-state index contributed by atoms with van der Waals surface area (Å²) in [5.41, 5.74) is -9.05. The molecule has 4 rings (SSSR count). The molecule has 0 spiro atoms. The molecule has 1 aliphatic rings. The highest BCUT2D eigenvalue weighted by molar-refractivity contribution is 6.53. The first-order valence-corrected chi connectivity index (χ1v) is 16.9. The fraction of sp³-hybridized carbons (Fsp3) is 0.371. The van der Waals surface area contributed by atoms with Gasteiger partial charge < -0.3 is 20.1 Å². The van der Waals surface area contributed by atoms with Crippen molar-refractivity contribution in [2.75, 3.05) is 15.5 Å². The molecular formula is C35H30Cl3F8N3O6. The van der Waals surface area contributed by atoms with Crippen LogP contribution >= 0.6 is 34.8 Å². The minimum Gasteiger partial charge on any atom is -0.443 e. The monoisotopic (exact) mass is 845 g/mol. The van der Waals surface area contributed by atoms with Crippen LogP contribution in [-0.4, -0.2) is 39.5 Å². The number of nitrogens with zero attached hydrogens (tertiary/aromatic N) is 1. The summed E-state index contributed by atoms with van der Waals surface area (Å²) in [4.78, 5) is 52.6. The van der Waals surface area contributed by atoms with Crippen molar-refractivity contribution in [2.24, 2.45) is 5.92 Å². The third-order valence-corrected chi connectivity index (χ3v) is 8.74. The summed E-state index contributed by atoms with van der Waals surface area (Å²) < 4.78 is 120. The van der Waals surface area contributed by atoms with Gasteiger partial charge in [-0.15, -0.1) is 23.2 Å². The van der Waals surface area contributed by atoms with E-state index in [0.29, 0.717) is 18.2 Å². The van der Waals surface area contributed by atoms with E-state index in [9.17, 15) is 45.5 Å². The van der Waals surface area contributed by atoms with Crippen molar-refractivity contribution in [3.63, 3.8) is 0 Å². The average Bonchev–Trinajstić information content (AvgIpc) is 3.60. The van der Waals surface area contributed by atoms with Gasteiger partial charge in [0.15, 0.2) is 11.6 Å². The number of ether oxygens (including phenoxy) is 2. The van der Waals surface area contributed by atoms with Gasteiger partial charge in [0, 0.05) is 11.6 Å². The lowest BCUT2D eigenvalue weighted by Crippen LogP contribution is -2.44. The van der Waals surface area contributed by atoms with Crippen molar-refractivity contribution in [3.8, 4) is 0 Å². The molecule has 20 heteroatoms. The molecule has 4 amide bonds. The quantitative estimate of drug-likeness (QED) is 0.189. The van der Waals surface area contributed by atoms with Crippen LogP contribution in [0.4, 0.5) is 61.8 Å². The lowest BCUT2D eigenvalue weighted by Gasteiger charge is -2.29. The summed E-state index contributed by atoms with van der Waals surface area (Å²) in [5, 5.41) is 4.16. The largest absolute Gasteiger partial charge is 0.443 e. The molecule has 298 valence electrons. The molecule has 0 saturated heterocycles. The predicted octanol–water partition coefficient (Wildman–Crippen LogP) is 11.1. The van der Waals surface area contributed by atoms with E-state index in [1.807, 2.05) is 0 Å². The van der Waals surface area contributed by atoms with E-state index in [2.05, 4.69) is 10.6 Å². The Labute approximate surface area is 323 Å². The topological polar surface area (TPSA) is 114 Å². The van der Waals surface area contributed by atoms with Gasteiger partial charge in [-0.3, -0.25) is 9.59 Å². The standard InChI is InChI=1S/C35H30Cl3F8N3O6/c1-31(2,3)54-29(52)49(30(53)55-32(4,5)6)26-21(39)9-10-22(25(26)40)48-27(50)19-14-18(7-8-20(19)36)47-28(51)24-23(33(24,37)38)15-11-16(34(41,42)43)13-17(12-15)35(44,45)46/h7-14,23-24H,1-6H3,(H,47,51)(H,48,50). The molecule has 0 radical (unpaired) electrons. The molecular weight excluding hydrogens is 817 g/mol. The SMILES string of the molecule is CC(C)(C)OC(=O)N(C(=O)OC(C)(C)C)c1c(F)ccc(NC(=O)c2cc(NC(=O)C3C(c4cc(C(F)(F)F)cc(C(F)(F)F)c4)C3(Cl)Cl)ccc2Cl)c1F. The summed E-state index contributed by atoms with van der Waals surface area (Å²) in [6, 6.07) is 5.34. The highest BCUT2D eigenvalue weighted by Gasteiger charge is 2.68. The molecule has 55 heavy (non-hydrogen) atoms. The van der Waals surface area contributed by atoms with E-state index in [1.54, 1.807) is 0 Å². The van der Waals surface area contributed by atoms with E-state index in [-0.39, 0.29) is 21.7 Å². The van der Waals surface area contributed by atoms with Crippen LogP contribution in [0.5, 0.6) is 0 Å². The third kappa shape index (κ3) is 10.1. The van der Waals surface area contributed by atoms with E-state index in [0.717, 1.165) is 18.2 Å². The van der Waals surface area contributed by atoms with E-state index in [4.69, 9.17) is 44.3 Å². The van der Waals surface area contributed by atoms with Gasteiger partial charge in [-0.2, -0.15) is 31.2 Å². The Hall–Kier alpha value is -4.35. The lowest BCUT2D eigenvalue weighted by atomic mass is 10.0. The Bertz CT molecular complexity index is 1990. The molecule has 3 aromatic carbocycles. The second kappa shape index (κ2) is 15.0. The zero-order valence-corrected chi connectivity index (χ0v) is 31.6. The molecule has 3 aromatic rings. The van der Waals surface area contributed by atoms with Gasteiger partial charge in [-0.05, 0) is 95.6 Å². The molecule has 0 aliphatic heterocycles. The second-order valence-electron chi connectivity index (χ2n) is 14.2. The summed E-state index contributed by atoms with van der Waals surface area (Å²) in [7, 11) is 0. The van der Waals surface area contributed by atoms with Crippen molar-refractivity contribution < 1.29 is 63.8 Å². The number of hydrogen-bond acceptors (Lipinski definition) is 6. The zero-order chi connectivity index (χ0) is 41.8. The van der Waals surface area contributed by atoms with Crippen molar-refractivity contribution >= 4 is 75.9 Å². The van der Waals surface area contributed by atoms with Gasteiger partial charge in [0.25, 0.3) is 5.91 Å². The number of anilines is 3. The molecule has 1 fully saturated rings. The Morgan fingerprint density at radius 3 is 1.73 bits per heavy atom. The number of nitrogens with one attached hydrogen (secondary N) is 2. The van der Waals surface area contributed by atoms with Crippen LogP contribution in [-0.2, 0) is 26.6 Å². The normalized spacial score (nSPS) is 16.9. The number of alkyl halides is 8. The molecule has 0 aromatic heterocycles. The third-order valence-electron chi connectivity index (χ3n) is 7.47. The number of amides is 4. The molecule has 2 unspecified atom stereocenters. The summed E-state index contributed by atoms with van der Waals surface area (Å²) in [6.45, 7) is 8.56. The van der Waals surface area contributed by atoms with Crippen molar-refractivity contribution in [2.45, 2.75) is 75.3 Å². The summed E-state index contributed by atoms with van der Waals surface area (Å²) in [6.07, 6.45) is -13.4. The maximum absolute atomic E-state index is 16.0. The fourth-order valence-corrected chi connectivity index (χ4v) is 6.16. The number of hydrogen-bond donors (Lipinski definition) is 2. The number of carbonyl (C=O) groups excluding carboxylic acids is 4. The van der Waals surface area contributed by atoms with Crippen LogP contribution in [0, 0.1) is 17.6 Å². The van der Waals surface area contributed by atoms with Crippen LogP contribution in [0.2, 0.25) is 5.02 Å². The van der Waals surface area contributed by atoms with E-state index in [1.165, 1.54) is 47.6 Å². The van der Waals surface area contributed by atoms with Crippen LogP contribution in [0.1, 0.15) is 74.5 Å². The number of rotatable bonds is 6. The molecule has 0 bridgehead atoms. The first kappa shape index (κ1) is 43.4. The Balaban J connectivity index is 1.62. The molecule has 0 heterocycles. The van der Waals surface area contributed by atoms with Crippen molar-refractivity contribution in [1.29, 1.82) is 0 Å². The minimum absolute atomic E-state index is 0.0256. The highest BCUT2D eigenvalue weighted by Crippen LogP contribution is 2.65. The molecule has 9 nitrogen and oxygen atoms in total. The lowest BCUT2D eigenvalue weighted by molar-refractivity contribution is -0.143. The number of halogens is 11. The van der Waals surface area contributed by atoms with Gasteiger partial charge >= 0.3 is 24.5 Å². The number of imide groups is 1. The van der Waals surface area contributed by atoms with Gasteiger partial charge in [0.05, 0.1) is 33.3 Å².